The molecule has 1 saturated heterocycles. The highest BCUT2D eigenvalue weighted by Crippen LogP contribution is 2.22. The van der Waals surface area contributed by atoms with Crippen molar-refractivity contribution >= 4 is 11.5 Å². The fourth-order valence-corrected chi connectivity index (χ4v) is 1.79. The molecule has 3 N–H and O–H groups in total. The molecule has 5 heteroatoms. The summed E-state index contributed by atoms with van der Waals surface area (Å²) in [7, 11) is 0. The van der Waals surface area contributed by atoms with Gasteiger partial charge in [-0.2, -0.15) is 0 Å². The molecule has 0 spiro atoms. The summed E-state index contributed by atoms with van der Waals surface area (Å²) in [6.45, 7) is 3.90. The summed E-state index contributed by atoms with van der Waals surface area (Å²) in [6, 6.07) is 3.62. The summed E-state index contributed by atoms with van der Waals surface area (Å²) < 4.78 is 0. The van der Waals surface area contributed by atoms with Crippen molar-refractivity contribution in [2.45, 2.75) is 6.42 Å². The molecule has 1 aliphatic heterocycles. The van der Waals surface area contributed by atoms with Crippen LogP contribution in [0.5, 0.6) is 0 Å². The Labute approximate surface area is 89.1 Å². The largest absolute Gasteiger partial charge is 0.354 e. The first-order valence-corrected chi connectivity index (χ1v) is 5.22. The summed E-state index contributed by atoms with van der Waals surface area (Å²) >= 11 is 0. The molecule has 0 radical (unpaired) electrons. The van der Waals surface area contributed by atoms with Crippen molar-refractivity contribution < 1.29 is 5.21 Å². The van der Waals surface area contributed by atoms with E-state index in [4.69, 9.17) is 5.21 Å². The maximum atomic E-state index is 8.99. The van der Waals surface area contributed by atoms with E-state index in [-0.39, 0.29) is 0 Å². The quantitative estimate of drug-likeness (QED) is 0.624. The molecule has 0 aromatic carbocycles. The summed E-state index contributed by atoms with van der Waals surface area (Å²) in [4.78, 5) is 6.47. The van der Waals surface area contributed by atoms with Crippen LogP contribution in [0.1, 0.15) is 6.42 Å². The highest BCUT2D eigenvalue weighted by molar-refractivity contribution is 5.64. The number of rotatable bonds is 2. The maximum absolute atomic E-state index is 8.99. The molecule has 0 unspecified atom stereocenters. The molecule has 1 aliphatic rings. The van der Waals surface area contributed by atoms with Gasteiger partial charge in [-0.05, 0) is 25.1 Å². The lowest BCUT2D eigenvalue weighted by atomic mass is 10.3. The number of pyridine rings is 1. The molecular formula is C10H16N4O. The average molecular weight is 208 g/mol. The van der Waals surface area contributed by atoms with Crippen molar-refractivity contribution in [1.82, 2.24) is 10.3 Å². The second-order valence-corrected chi connectivity index (χ2v) is 3.58. The van der Waals surface area contributed by atoms with Gasteiger partial charge >= 0.3 is 0 Å². The van der Waals surface area contributed by atoms with Crippen LogP contribution in [0.4, 0.5) is 11.5 Å². The molecular weight excluding hydrogens is 192 g/mol. The van der Waals surface area contributed by atoms with Gasteiger partial charge in [-0.25, -0.2) is 4.98 Å². The zero-order valence-corrected chi connectivity index (χ0v) is 8.61. The average Bonchev–Trinajstić information content (AvgIpc) is 2.57. The number of nitrogens with zero attached hydrogens (tertiary/aromatic N) is 2. The molecule has 1 fully saturated rings. The van der Waals surface area contributed by atoms with Crippen molar-refractivity contribution in [3.8, 4) is 0 Å². The molecule has 0 aliphatic carbocycles. The Morgan fingerprint density at radius 2 is 2.33 bits per heavy atom. The second-order valence-electron chi connectivity index (χ2n) is 3.58. The zero-order chi connectivity index (χ0) is 10.5. The predicted octanol–water partition coefficient (Wildman–Crippen LogP) is 0.682. The number of hydrogen-bond donors (Lipinski definition) is 3. The van der Waals surface area contributed by atoms with Gasteiger partial charge in [-0.15, -0.1) is 0 Å². The molecule has 1 aromatic heterocycles. The van der Waals surface area contributed by atoms with Crippen molar-refractivity contribution in [2.24, 2.45) is 0 Å². The standard InChI is InChI=1S/C10H16N4O/c15-13-9-3-1-5-12-10(9)14-7-2-4-11-6-8-14/h1,3,5,11,13,15H,2,4,6-8H2. The van der Waals surface area contributed by atoms with E-state index in [1.54, 1.807) is 12.3 Å². The van der Waals surface area contributed by atoms with E-state index in [1.807, 2.05) is 6.07 Å². The number of nitrogens with one attached hydrogen (secondary N) is 2. The van der Waals surface area contributed by atoms with Gasteiger partial charge in [0.1, 0.15) is 5.69 Å². The molecule has 0 saturated carbocycles. The van der Waals surface area contributed by atoms with Crippen LogP contribution in [0, 0.1) is 0 Å². The van der Waals surface area contributed by atoms with E-state index in [2.05, 4.69) is 20.7 Å². The smallest absolute Gasteiger partial charge is 0.154 e. The van der Waals surface area contributed by atoms with Crippen LogP contribution in [0.2, 0.25) is 0 Å². The fourth-order valence-electron chi connectivity index (χ4n) is 1.79. The lowest BCUT2D eigenvalue weighted by Crippen LogP contribution is -2.29. The Morgan fingerprint density at radius 3 is 3.20 bits per heavy atom. The monoisotopic (exact) mass is 208 g/mol. The zero-order valence-electron chi connectivity index (χ0n) is 8.61. The second kappa shape index (κ2) is 4.95. The Morgan fingerprint density at radius 1 is 1.40 bits per heavy atom. The topological polar surface area (TPSA) is 60.4 Å². The lowest BCUT2D eigenvalue weighted by Gasteiger charge is -2.22. The fraction of sp³-hybridized carbons (Fsp3) is 0.500. The highest BCUT2D eigenvalue weighted by atomic mass is 16.5. The Kier molecular flexibility index (Phi) is 3.37. The van der Waals surface area contributed by atoms with E-state index >= 15 is 0 Å². The predicted molar refractivity (Wildman–Crippen MR) is 59.3 cm³/mol. The Bertz CT molecular complexity index is 310. The molecule has 5 nitrogen and oxygen atoms in total. The van der Waals surface area contributed by atoms with Gasteiger partial charge in [0, 0.05) is 25.8 Å². The van der Waals surface area contributed by atoms with Gasteiger partial charge in [0.25, 0.3) is 0 Å². The molecule has 0 amide bonds. The van der Waals surface area contributed by atoms with Crippen LogP contribution in [-0.4, -0.2) is 36.4 Å². The molecule has 1 aromatic rings. The first kappa shape index (κ1) is 10.2. The minimum absolute atomic E-state index is 0.666. The molecule has 15 heavy (non-hydrogen) atoms. The molecule has 2 heterocycles. The normalized spacial score (nSPS) is 17.3. The SMILES string of the molecule is ONc1cccnc1N1CCCNCC1. The molecule has 0 bridgehead atoms. The maximum Gasteiger partial charge on any atom is 0.154 e. The van der Waals surface area contributed by atoms with Crippen molar-refractivity contribution in [2.75, 3.05) is 36.6 Å². The van der Waals surface area contributed by atoms with E-state index in [1.165, 1.54) is 0 Å². The van der Waals surface area contributed by atoms with Gasteiger partial charge in [-0.1, -0.05) is 0 Å². The van der Waals surface area contributed by atoms with Gasteiger partial charge in [0.15, 0.2) is 5.82 Å². The minimum atomic E-state index is 0.666. The van der Waals surface area contributed by atoms with Crippen LogP contribution in [0.25, 0.3) is 0 Å². The minimum Gasteiger partial charge on any atom is -0.354 e. The summed E-state index contributed by atoms with van der Waals surface area (Å²) in [5.41, 5.74) is 2.85. The van der Waals surface area contributed by atoms with Crippen molar-refractivity contribution in [3.63, 3.8) is 0 Å². The van der Waals surface area contributed by atoms with Crippen LogP contribution in [-0.2, 0) is 0 Å². The van der Waals surface area contributed by atoms with E-state index < -0.39 is 0 Å². The Balaban J connectivity index is 2.18. The highest BCUT2D eigenvalue weighted by Gasteiger charge is 2.13. The molecule has 82 valence electrons. The van der Waals surface area contributed by atoms with Gasteiger partial charge in [0.05, 0.1) is 0 Å². The first-order chi connectivity index (χ1) is 7.42. The first-order valence-electron chi connectivity index (χ1n) is 5.22. The van der Waals surface area contributed by atoms with Gasteiger partial charge in [-0.3, -0.25) is 10.7 Å². The number of aromatic nitrogens is 1. The van der Waals surface area contributed by atoms with Crippen LogP contribution in [0.3, 0.4) is 0 Å². The van der Waals surface area contributed by atoms with Crippen molar-refractivity contribution in [3.05, 3.63) is 18.3 Å². The third-order valence-corrected chi connectivity index (χ3v) is 2.55. The summed E-state index contributed by atoms with van der Waals surface area (Å²) in [5.74, 6) is 0.823. The number of hydrogen-bond acceptors (Lipinski definition) is 5. The third kappa shape index (κ3) is 2.37. The van der Waals surface area contributed by atoms with Crippen LogP contribution in [0.15, 0.2) is 18.3 Å². The van der Waals surface area contributed by atoms with Crippen LogP contribution < -0.4 is 15.7 Å². The van der Waals surface area contributed by atoms with E-state index in [9.17, 15) is 0 Å². The van der Waals surface area contributed by atoms with Crippen LogP contribution >= 0.6 is 0 Å². The third-order valence-electron chi connectivity index (χ3n) is 2.55. The summed E-state index contributed by atoms with van der Waals surface area (Å²) in [6.07, 6.45) is 2.84. The number of anilines is 2. The van der Waals surface area contributed by atoms with E-state index in [0.717, 1.165) is 38.4 Å². The lowest BCUT2D eigenvalue weighted by molar-refractivity contribution is 0.388. The van der Waals surface area contributed by atoms with Gasteiger partial charge in [0.2, 0.25) is 0 Å². The Hall–Kier alpha value is -1.33. The summed E-state index contributed by atoms with van der Waals surface area (Å²) in [5, 5.41) is 12.3. The van der Waals surface area contributed by atoms with Gasteiger partial charge < -0.3 is 10.2 Å². The van der Waals surface area contributed by atoms with Crippen molar-refractivity contribution in [1.29, 1.82) is 0 Å². The molecule has 0 atom stereocenters. The van der Waals surface area contributed by atoms with E-state index in [0.29, 0.717) is 5.69 Å². The molecule has 2 rings (SSSR count).